The van der Waals surface area contributed by atoms with E-state index in [0.29, 0.717) is 0 Å². The van der Waals surface area contributed by atoms with Gasteiger partial charge in [0, 0.05) is 17.2 Å². The number of carbonyl (C=O) groups is 1. The van der Waals surface area contributed by atoms with Gasteiger partial charge in [-0.1, -0.05) is 31.2 Å². The molecule has 1 amide bonds. The summed E-state index contributed by atoms with van der Waals surface area (Å²) in [6.07, 6.45) is 5.01. The van der Waals surface area contributed by atoms with Gasteiger partial charge in [-0.05, 0) is 52.4 Å². The maximum absolute atomic E-state index is 12.6. The normalized spacial score (nSPS) is 16.8. The average molecular weight is 347 g/mol. The maximum atomic E-state index is 12.6. The van der Waals surface area contributed by atoms with E-state index < -0.39 is 0 Å². The van der Waals surface area contributed by atoms with Crippen molar-refractivity contribution in [2.75, 3.05) is 0 Å². The minimum Gasteiger partial charge on any atom is -0.344 e. The van der Waals surface area contributed by atoms with Crippen molar-refractivity contribution in [2.45, 2.75) is 38.8 Å². The van der Waals surface area contributed by atoms with Crippen LogP contribution in [-0.2, 0) is 13.0 Å². The molecule has 1 aromatic carbocycles. The van der Waals surface area contributed by atoms with Crippen LogP contribution in [0.25, 0.3) is 0 Å². The first kappa shape index (κ1) is 14.4. The van der Waals surface area contributed by atoms with E-state index in [2.05, 4.69) is 46.4 Å². The van der Waals surface area contributed by atoms with E-state index in [1.165, 1.54) is 11.1 Å². The molecule has 3 nitrogen and oxygen atoms in total. The Morgan fingerprint density at radius 3 is 3.05 bits per heavy atom. The Morgan fingerprint density at radius 1 is 1.43 bits per heavy atom. The number of hydrogen-bond acceptors (Lipinski definition) is 1. The summed E-state index contributed by atoms with van der Waals surface area (Å²) in [6, 6.07) is 10.4. The third kappa shape index (κ3) is 2.91. The van der Waals surface area contributed by atoms with Gasteiger partial charge >= 0.3 is 0 Å². The Kier molecular flexibility index (Phi) is 4.15. The van der Waals surface area contributed by atoms with Gasteiger partial charge in [0.1, 0.15) is 5.69 Å². The van der Waals surface area contributed by atoms with Crippen molar-refractivity contribution in [1.29, 1.82) is 0 Å². The number of halogens is 1. The zero-order valence-electron chi connectivity index (χ0n) is 12.1. The molecule has 1 N–H and O–H groups in total. The van der Waals surface area contributed by atoms with Gasteiger partial charge in [-0.25, -0.2) is 0 Å². The lowest BCUT2D eigenvalue weighted by molar-refractivity contribution is 0.0927. The minimum absolute atomic E-state index is 0.0100. The molecule has 2 aromatic rings. The van der Waals surface area contributed by atoms with E-state index in [1.807, 2.05) is 22.9 Å². The van der Waals surface area contributed by atoms with E-state index in [4.69, 9.17) is 0 Å². The number of aryl methyl sites for hydroxylation is 2. The lowest BCUT2D eigenvalue weighted by atomic mass is 10.1. The molecule has 0 spiro atoms. The van der Waals surface area contributed by atoms with Crippen molar-refractivity contribution in [2.24, 2.45) is 0 Å². The molecule has 1 aromatic heterocycles. The van der Waals surface area contributed by atoms with E-state index in [-0.39, 0.29) is 11.9 Å². The van der Waals surface area contributed by atoms with E-state index in [0.717, 1.165) is 36.0 Å². The van der Waals surface area contributed by atoms with Crippen molar-refractivity contribution in [3.63, 3.8) is 0 Å². The number of aromatic nitrogens is 1. The summed E-state index contributed by atoms with van der Waals surface area (Å²) >= 11 is 3.46. The summed E-state index contributed by atoms with van der Waals surface area (Å²) < 4.78 is 2.97. The van der Waals surface area contributed by atoms with Crippen LogP contribution in [0.2, 0.25) is 0 Å². The van der Waals surface area contributed by atoms with Crippen LogP contribution in [0.3, 0.4) is 0 Å². The highest BCUT2D eigenvalue weighted by Gasteiger charge is 2.24. The average Bonchev–Trinajstić information content (AvgIpc) is 3.04. The van der Waals surface area contributed by atoms with Crippen LogP contribution in [0.1, 0.15) is 47.4 Å². The molecule has 3 rings (SSSR count). The van der Waals surface area contributed by atoms with Gasteiger partial charge in [-0.3, -0.25) is 4.79 Å². The molecule has 1 aliphatic rings. The molecule has 0 saturated heterocycles. The van der Waals surface area contributed by atoms with Crippen LogP contribution >= 0.6 is 15.9 Å². The van der Waals surface area contributed by atoms with Gasteiger partial charge in [-0.2, -0.15) is 0 Å². The van der Waals surface area contributed by atoms with E-state index in [9.17, 15) is 4.79 Å². The van der Waals surface area contributed by atoms with Gasteiger partial charge in [0.05, 0.1) is 6.04 Å². The Balaban J connectivity index is 1.79. The molecular weight excluding hydrogens is 328 g/mol. The second-order valence-electron chi connectivity index (χ2n) is 5.50. The molecule has 0 bridgehead atoms. The number of fused-ring (bicyclic) bond motifs is 1. The fourth-order valence-corrected chi connectivity index (χ4v) is 3.49. The molecule has 110 valence electrons. The molecule has 0 radical (unpaired) electrons. The molecule has 21 heavy (non-hydrogen) atoms. The quantitative estimate of drug-likeness (QED) is 0.889. The Bertz CT molecular complexity index is 663. The largest absolute Gasteiger partial charge is 0.344 e. The van der Waals surface area contributed by atoms with E-state index >= 15 is 0 Å². The molecule has 0 aliphatic heterocycles. The fourth-order valence-electron chi connectivity index (χ4n) is 3.03. The molecule has 1 unspecified atom stereocenters. The van der Waals surface area contributed by atoms with Gasteiger partial charge in [-0.15, -0.1) is 0 Å². The number of benzene rings is 1. The lowest BCUT2D eigenvalue weighted by Crippen LogP contribution is -2.29. The van der Waals surface area contributed by atoms with Crippen molar-refractivity contribution in [3.05, 3.63) is 57.8 Å². The summed E-state index contributed by atoms with van der Waals surface area (Å²) in [5, 5.41) is 3.18. The van der Waals surface area contributed by atoms with Crippen LogP contribution in [0, 0.1) is 0 Å². The SMILES string of the molecule is CCCn1cc(Br)cc1C(=O)NC1CCc2ccccc21. The standard InChI is InChI=1S/C17H19BrN2O/c1-2-9-20-11-13(18)10-16(20)17(21)19-15-8-7-12-5-3-4-6-14(12)15/h3-6,10-11,15H,2,7-9H2,1H3,(H,19,21). The third-order valence-corrected chi connectivity index (χ3v) is 4.43. The molecular formula is C17H19BrN2O. The first-order valence-electron chi connectivity index (χ1n) is 7.43. The van der Waals surface area contributed by atoms with Crippen molar-refractivity contribution < 1.29 is 4.79 Å². The van der Waals surface area contributed by atoms with Crippen LogP contribution < -0.4 is 5.32 Å². The van der Waals surface area contributed by atoms with Gasteiger partial charge in [0.15, 0.2) is 0 Å². The number of rotatable bonds is 4. The number of amides is 1. The number of hydrogen-bond donors (Lipinski definition) is 1. The van der Waals surface area contributed by atoms with Crippen molar-refractivity contribution >= 4 is 21.8 Å². The topological polar surface area (TPSA) is 34.0 Å². The van der Waals surface area contributed by atoms with Gasteiger partial charge < -0.3 is 9.88 Å². The Morgan fingerprint density at radius 2 is 2.24 bits per heavy atom. The zero-order valence-corrected chi connectivity index (χ0v) is 13.7. The smallest absolute Gasteiger partial charge is 0.268 e. The minimum atomic E-state index is 0.0100. The lowest BCUT2D eigenvalue weighted by Gasteiger charge is -2.15. The molecule has 1 aliphatic carbocycles. The van der Waals surface area contributed by atoms with Gasteiger partial charge in [0.25, 0.3) is 5.91 Å². The molecule has 4 heteroatoms. The van der Waals surface area contributed by atoms with E-state index in [1.54, 1.807) is 0 Å². The zero-order chi connectivity index (χ0) is 14.8. The highest BCUT2D eigenvalue weighted by atomic mass is 79.9. The number of carbonyl (C=O) groups excluding carboxylic acids is 1. The van der Waals surface area contributed by atoms with Crippen LogP contribution in [0.4, 0.5) is 0 Å². The summed E-state index contributed by atoms with van der Waals surface area (Å²) in [5.74, 6) is 0.0100. The first-order chi connectivity index (χ1) is 10.2. The Hall–Kier alpha value is -1.55. The third-order valence-electron chi connectivity index (χ3n) is 4.00. The molecule has 0 saturated carbocycles. The maximum Gasteiger partial charge on any atom is 0.268 e. The Labute approximate surface area is 133 Å². The summed E-state index contributed by atoms with van der Waals surface area (Å²) in [6.45, 7) is 2.97. The fraction of sp³-hybridized carbons (Fsp3) is 0.353. The van der Waals surface area contributed by atoms with Crippen LogP contribution in [0.15, 0.2) is 41.0 Å². The van der Waals surface area contributed by atoms with Crippen LogP contribution in [-0.4, -0.2) is 10.5 Å². The first-order valence-corrected chi connectivity index (χ1v) is 8.22. The van der Waals surface area contributed by atoms with Crippen molar-refractivity contribution in [3.8, 4) is 0 Å². The summed E-state index contributed by atoms with van der Waals surface area (Å²) in [5.41, 5.74) is 3.35. The molecule has 1 heterocycles. The van der Waals surface area contributed by atoms with Crippen molar-refractivity contribution in [1.82, 2.24) is 9.88 Å². The monoisotopic (exact) mass is 346 g/mol. The summed E-state index contributed by atoms with van der Waals surface area (Å²) in [7, 11) is 0. The molecule has 1 atom stereocenters. The van der Waals surface area contributed by atoms with Crippen LogP contribution in [0.5, 0.6) is 0 Å². The predicted molar refractivity (Wildman–Crippen MR) is 87.4 cm³/mol. The molecule has 0 fully saturated rings. The second-order valence-corrected chi connectivity index (χ2v) is 6.42. The predicted octanol–water partition coefficient (Wildman–Crippen LogP) is 4.08. The highest BCUT2D eigenvalue weighted by Crippen LogP contribution is 2.31. The number of nitrogens with one attached hydrogen (secondary N) is 1. The highest BCUT2D eigenvalue weighted by molar-refractivity contribution is 9.10. The second kappa shape index (κ2) is 6.06. The van der Waals surface area contributed by atoms with Gasteiger partial charge in [0.2, 0.25) is 0 Å². The number of nitrogens with zero attached hydrogens (tertiary/aromatic N) is 1. The summed E-state index contributed by atoms with van der Waals surface area (Å²) in [4.78, 5) is 12.6.